The first-order valence-corrected chi connectivity index (χ1v) is 14.8. The zero-order valence-electron chi connectivity index (χ0n) is 22.6. The second kappa shape index (κ2) is 12.5. The van der Waals surface area contributed by atoms with Gasteiger partial charge in [-0.2, -0.15) is 0 Å². The number of nitrogens with one attached hydrogen (secondary N) is 1. The first-order valence-electron chi connectivity index (χ1n) is 13.3. The van der Waals surface area contributed by atoms with E-state index in [-0.39, 0.29) is 10.9 Å². The number of sulfonamides is 1. The molecule has 9 heteroatoms. The van der Waals surface area contributed by atoms with Crippen LogP contribution in [0.5, 0.6) is 5.75 Å². The van der Waals surface area contributed by atoms with Gasteiger partial charge in [0.05, 0.1) is 23.2 Å². The Kier molecular flexibility index (Phi) is 9.12. The summed E-state index contributed by atoms with van der Waals surface area (Å²) in [6, 6.07) is 18.8. The Balaban J connectivity index is 1.50. The number of carbonyl (C=O) groups is 1. The molecule has 1 aliphatic heterocycles. The van der Waals surface area contributed by atoms with Crippen LogP contribution in [0.15, 0.2) is 77.7 Å². The summed E-state index contributed by atoms with van der Waals surface area (Å²) in [6.07, 6.45) is 2.36. The quantitative estimate of drug-likeness (QED) is 0.357. The molecule has 3 aromatic carbocycles. The number of hydrogen-bond donors (Lipinski definition) is 1. The predicted octanol–water partition coefficient (Wildman–Crippen LogP) is 5.53. The SMILES string of the molecule is CCOc1ccc(N(CC(=O)NC(C)c2ccc(N3CCC(C)CC3)cc2)S(=O)(=O)c2ccc(F)cc2)cc1. The van der Waals surface area contributed by atoms with Crippen molar-refractivity contribution >= 4 is 27.3 Å². The number of amides is 1. The van der Waals surface area contributed by atoms with Gasteiger partial charge in [-0.05, 0) is 98.8 Å². The molecule has 1 saturated heterocycles. The van der Waals surface area contributed by atoms with Crippen molar-refractivity contribution in [2.75, 3.05) is 35.4 Å². The van der Waals surface area contributed by atoms with Crippen molar-refractivity contribution in [1.29, 1.82) is 0 Å². The van der Waals surface area contributed by atoms with Crippen LogP contribution in [0.25, 0.3) is 0 Å². The smallest absolute Gasteiger partial charge is 0.264 e. The Bertz CT molecular complexity index is 1340. The third kappa shape index (κ3) is 7.09. The minimum atomic E-state index is -4.15. The normalized spacial score (nSPS) is 15.0. The van der Waals surface area contributed by atoms with E-state index in [4.69, 9.17) is 4.74 Å². The first-order chi connectivity index (χ1) is 18.7. The molecule has 1 atom stereocenters. The van der Waals surface area contributed by atoms with Gasteiger partial charge in [0, 0.05) is 18.8 Å². The lowest BCUT2D eigenvalue weighted by atomic mass is 9.98. The molecule has 0 saturated carbocycles. The van der Waals surface area contributed by atoms with Crippen molar-refractivity contribution in [1.82, 2.24) is 5.32 Å². The molecule has 1 N–H and O–H groups in total. The lowest BCUT2D eigenvalue weighted by Crippen LogP contribution is -2.41. The fourth-order valence-corrected chi connectivity index (χ4v) is 6.09. The summed E-state index contributed by atoms with van der Waals surface area (Å²) in [7, 11) is -4.15. The second-order valence-electron chi connectivity index (χ2n) is 9.94. The van der Waals surface area contributed by atoms with Gasteiger partial charge >= 0.3 is 0 Å². The van der Waals surface area contributed by atoms with E-state index in [2.05, 4.69) is 29.3 Å². The third-order valence-corrected chi connectivity index (χ3v) is 8.83. The van der Waals surface area contributed by atoms with Crippen molar-refractivity contribution in [2.45, 2.75) is 44.6 Å². The summed E-state index contributed by atoms with van der Waals surface area (Å²) in [6.45, 7) is 8.11. The maximum absolute atomic E-state index is 13.5. The van der Waals surface area contributed by atoms with Gasteiger partial charge in [0.15, 0.2) is 0 Å². The molecule has 0 radical (unpaired) electrons. The standard InChI is InChI=1S/C30H36FN3O4S/c1-4-38-28-13-11-27(12-14-28)34(39(36,37)29-15-7-25(31)8-16-29)21-30(35)32-23(3)24-5-9-26(10-6-24)33-19-17-22(2)18-20-33/h5-16,22-23H,4,17-21H2,1-3H3,(H,32,35). The van der Waals surface area contributed by atoms with E-state index in [0.29, 0.717) is 18.0 Å². The number of halogens is 1. The molecule has 1 fully saturated rings. The molecule has 1 heterocycles. The maximum atomic E-state index is 13.5. The zero-order valence-corrected chi connectivity index (χ0v) is 23.5. The van der Waals surface area contributed by atoms with Gasteiger partial charge in [-0.3, -0.25) is 9.10 Å². The molecule has 208 valence electrons. The topological polar surface area (TPSA) is 79.0 Å². The average molecular weight is 554 g/mol. The molecule has 0 bridgehead atoms. The van der Waals surface area contributed by atoms with Gasteiger partial charge in [0.25, 0.3) is 10.0 Å². The number of ether oxygens (including phenoxy) is 1. The van der Waals surface area contributed by atoms with E-state index in [1.54, 1.807) is 24.3 Å². The lowest BCUT2D eigenvalue weighted by molar-refractivity contribution is -0.120. The van der Waals surface area contributed by atoms with E-state index >= 15 is 0 Å². The predicted molar refractivity (Wildman–Crippen MR) is 152 cm³/mol. The fourth-order valence-electron chi connectivity index (χ4n) is 4.67. The lowest BCUT2D eigenvalue weighted by Gasteiger charge is -2.32. The highest BCUT2D eigenvalue weighted by Crippen LogP contribution is 2.27. The van der Waals surface area contributed by atoms with Crippen LogP contribution in [0.4, 0.5) is 15.8 Å². The summed E-state index contributed by atoms with van der Waals surface area (Å²) < 4.78 is 47.1. The van der Waals surface area contributed by atoms with Crippen LogP contribution in [0.1, 0.15) is 45.2 Å². The molecule has 0 spiro atoms. The fraction of sp³-hybridized carbons (Fsp3) is 0.367. The molecule has 1 aliphatic rings. The third-order valence-electron chi connectivity index (χ3n) is 7.04. The van der Waals surface area contributed by atoms with Gasteiger partial charge in [0.1, 0.15) is 18.1 Å². The minimum absolute atomic E-state index is 0.110. The summed E-state index contributed by atoms with van der Waals surface area (Å²) in [4.78, 5) is 15.4. The largest absolute Gasteiger partial charge is 0.494 e. The van der Waals surface area contributed by atoms with Crippen molar-refractivity contribution in [2.24, 2.45) is 5.92 Å². The van der Waals surface area contributed by atoms with Crippen LogP contribution in [0.2, 0.25) is 0 Å². The Morgan fingerprint density at radius 3 is 2.23 bits per heavy atom. The van der Waals surface area contributed by atoms with Crippen LogP contribution in [0.3, 0.4) is 0 Å². The minimum Gasteiger partial charge on any atom is -0.494 e. The Hall–Kier alpha value is -3.59. The van der Waals surface area contributed by atoms with Gasteiger partial charge < -0.3 is 15.0 Å². The average Bonchev–Trinajstić information content (AvgIpc) is 2.93. The zero-order chi connectivity index (χ0) is 28.0. The van der Waals surface area contributed by atoms with E-state index in [1.165, 1.54) is 25.0 Å². The molecular formula is C30H36FN3O4S. The number of carbonyl (C=O) groups excluding carboxylic acids is 1. The molecule has 1 amide bonds. The van der Waals surface area contributed by atoms with Crippen LogP contribution in [-0.4, -0.2) is 40.6 Å². The highest BCUT2D eigenvalue weighted by Gasteiger charge is 2.28. The first kappa shape index (κ1) is 28.4. The molecule has 7 nitrogen and oxygen atoms in total. The van der Waals surface area contributed by atoms with E-state index in [1.807, 2.05) is 26.0 Å². The van der Waals surface area contributed by atoms with Gasteiger partial charge in [0.2, 0.25) is 5.91 Å². The molecule has 39 heavy (non-hydrogen) atoms. The second-order valence-corrected chi connectivity index (χ2v) is 11.8. The molecule has 4 rings (SSSR count). The van der Waals surface area contributed by atoms with Crippen LogP contribution >= 0.6 is 0 Å². The van der Waals surface area contributed by atoms with E-state index < -0.39 is 28.3 Å². The van der Waals surface area contributed by atoms with Gasteiger partial charge in [-0.25, -0.2) is 12.8 Å². The van der Waals surface area contributed by atoms with E-state index in [0.717, 1.165) is 46.7 Å². The van der Waals surface area contributed by atoms with Crippen molar-refractivity contribution in [3.63, 3.8) is 0 Å². The number of hydrogen-bond acceptors (Lipinski definition) is 5. The van der Waals surface area contributed by atoms with Gasteiger partial charge in [-0.15, -0.1) is 0 Å². The molecule has 1 unspecified atom stereocenters. The molecule has 0 aliphatic carbocycles. The number of benzene rings is 3. The van der Waals surface area contributed by atoms with Crippen molar-refractivity contribution in [3.05, 3.63) is 84.2 Å². The van der Waals surface area contributed by atoms with Gasteiger partial charge in [-0.1, -0.05) is 19.1 Å². The van der Waals surface area contributed by atoms with Crippen LogP contribution in [0, 0.1) is 11.7 Å². The van der Waals surface area contributed by atoms with E-state index in [9.17, 15) is 17.6 Å². The van der Waals surface area contributed by atoms with Crippen molar-refractivity contribution in [3.8, 4) is 5.75 Å². The number of nitrogens with zero attached hydrogens (tertiary/aromatic N) is 2. The Morgan fingerprint density at radius 1 is 1.03 bits per heavy atom. The number of rotatable bonds is 10. The highest BCUT2D eigenvalue weighted by molar-refractivity contribution is 7.92. The summed E-state index contributed by atoms with van der Waals surface area (Å²) in [5.41, 5.74) is 2.38. The summed E-state index contributed by atoms with van der Waals surface area (Å²) in [5, 5.41) is 2.92. The summed E-state index contributed by atoms with van der Waals surface area (Å²) >= 11 is 0. The molecular weight excluding hydrogens is 517 g/mol. The van der Waals surface area contributed by atoms with Crippen LogP contribution < -0.4 is 19.3 Å². The highest BCUT2D eigenvalue weighted by atomic mass is 32.2. The Morgan fingerprint density at radius 2 is 1.64 bits per heavy atom. The Labute approximate surface area is 230 Å². The molecule has 0 aromatic heterocycles. The monoisotopic (exact) mass is 553 g/mol. The summed E-state index contributed by atoms with van der Waals surface area (Å²) in [5.74, 6) is 0.330. The molecule has 3 aromatic rings. The number of anilines is 2. The van der Waals surface area contributed by atoms with Crippen LogP contribution in [-0.2, 0) is 14.8 Å². The van der Waals surface area contributed by atoms with Crippen molar-refractivity contribution < 1.29 is 22.3 Å². The number of piperidine rings is 1. The maximum Gasteiger partial charge on any atom is 0.264 e.